The van der Waals surface area contributed by atoms with Gasteiger partial charge in [-0.1, -0.05) is 12.8 Å². The molecule has 0 bridgehead atoms. The van der Waals surface area contributed by atoms with Crippen LogP contribution < -0.4 is 5.32 Å². The molecule has 2 atom stereocenters. The zero-order valence-corrected chi connectivity index (χ0v) is 9.83. The molecule has 1 aliphatic rings. The minimum Gasteiger partial charge on any atom is -0.377 e. The van der Waals surface area contributed by atoms with Gasteiger partial charge in [0.2, 0.25) is 0 Å². The van der Waals surface area contributed by atoms with Crippen LogP contribution in [0.15, 0.2) is 0 Å². The summed E-state index contributed by atoms with van der Waals surface area (Å²) < 4.78 is 5.46. The molecule has 0 amide bonds. The van der Waals surface area contributed by atoms with Crippen LogP contribution in [0.25, 0.3) is 0 Å². The van der Waals surface area contributed by atoms with Crippen LogP contribution in [-0.4, -0.2) is 25.3 Å². The maximum atomic E-state index is 8.98. The Bertz CT molecular complexity index is 210. The van der Waals surface area contributed by atoms with E-state index in [0.29, 0.717) is 12.1 Å². The molecule has 0 aromatic heterocycles. The summed E-state index contributed by atoms with van der Waals surface area (Å²) in [4.78, 5) is 0. The van der Waals surface area contributed by atoms with Crippen molar-refractivity contribution in [1.29, 1.82) is 5.26 Å². The van der Waals surface area contributed by atoms with Crippen molar-refractivity contribution in [3.05, 3.63) is 0 Å². The molecular formula is C12H22N2O. The lowest BCUT2D eigenvalue weighted by Gasteiger charge is -2.27. The molecule has 1 rings (SSSR count). The summed E-state index contributed by atoms with van der Waals surface area (Å²) >= 11 is 0. The molecule has 1 aliphatic carbocycles. The topological polar surface area (TPSA) is 45.0 Å². The highest BCUT2D eigenvalue weighted by atomic mass is 16.5. The predicted octanol–water partition coefficient (Wildman–Crippen LogP) is 2.08. The van der Waals surface area contributed by atoms with Gasteiger partial charge in [-0.05, 0) is 26.7 Å². The molecule has 1 saturated carbocycles. The first-order valence-corrected chi connectivity index (χ1v) is 5.98. The van der Waals surface area contributed by atoms with Crippen LogP contribution in [-0.2, 0) is 4.74 Å². The summed E-state index contributed by atoms with van der Waals surface area (Å²) in [6, 6.07) is 2.79. The second kappa shape index (κ2) is 6.81. The Morgan fingerprint density at radius 1 is 1.40 bits per heavy atom. The van der Waals surface area contributed by atoms with Gasteiger partial charge >= 0.3 is 0 Å². The zero-order chi connectivity index (χ0) is 11.1. The fraction of sp³-hybridized carbons (Fsp3) is 0.917. The van der Waals surface area contributed by atoms with Gasteiger partial charge in [-0.25, -0.2) is 0 Å². The van der Waals surface area contributed by atoms with Gasteiger partial charge in [0.15, 0.2) is 0 Å². The van der Waals surface area contributed by atoms with Crippen molar-refractivity contribution >= 4 is 0 Å². The molecule has 0 aliphatic heterocycles. The normalized spacial score (nSPS) is 26.5. The Balaban J connectivity index is 2.16. The van der Waals surface area contributed by atoms with E-state index in [-0.39, 0.29) is 5.92 Å². The number of rotatable bonds is 5. The van der Waals surface area contributed by atoms with Crippen molar-refractivity contribution in [2.75, 3.05) is 13.2 Å². The summed E-state index contributed by atoms with van der Waals surface area (Å²) in [7, 11) is 0. The average Bonchev–Trinajstić information content (AvgIpc) is 2.24. The van der Waals surface area contributed by atoms with E-state index in [0.717, 1.165) is 26.0 Å². The number of nitrogens with one attached hydrogen (secondary N) is 1. The van der Waals surface area contributed by atoms with Gasteiger partial charge in [-0.15, -0.1) is 0 Å². The fourth-order valence-corrected chi connectivity index (χ4v) is 2.07. The third-order valence-corrected chi connectivity index (χ3v) is 2.89. The number of ether oxygens (including phenoxy) is 1. The van der Waals surface area contributed by atoms with E-state index >= 15 is 0 Å². The van der Waals surface area contributed by atoms with Crippen LogP contribution in [0.5, 0.6) is 0 Å². The van der Waals surface area contributed by atoms with Gasteiger partial charge in [-0.3, -0.25) is 0 Å². The maximum absolute atomic E-state index is 8.98. The lowest BCUT2D eigenvalue weighted by molar-refractivity contribution is 0.0775. The zero-order valence-electron chi connectivity index (χ0n) is 9.83. The molecule has 0 aromatic carbocycles. The van der Waals surface area contributed by atoms with Crippen LogP contribution in [0.4, 0.5) is 0 Å². The monoisotopic (exact) mass is 210 g/mol. The first-order valence-electron chi connectivity index (χ1n) is 5.98. The van der Waals surface area contributed by atoms with E-state index in [1.807, 2.05) is 13.8 Å². The Hall–Kier alpha value is -0.590. The van der Waals surface area contributed by atoms with E-state index in [1.165, 1.54) is 12.8 Å². The lowest BCUT2D eigenvalue weighted by atomic mass is 9.85. The summed E-state index contributed by atoms with van der Waals surface area (Å²) in [6.07, 6.45) is 4.95. The van der Waals surface area contributed by atoms with Crippen molar-refractivity contribution in [2.45, 2.75) is 51.7 Å². The van der Waals surface area contributed by atoms with Crippen LogP contribution in [0.1, 0.15) is 39.5 Å². The molecule has 3 heteroatoms. The van der Waals surface area contributed by atoms with E-state index in [1.54, 1.807) is 0 Å². The largest absolute Gasteiger partial charge is 0.377 e. The molecule has 0 radical (unpaired) electrons. The number of hydrogen-bond donors (Lipinski definition) is 1. The fourth-order valence-electron chi connectivity index (χ4n) is 2.07. The molecule has 15 heavy (non-hydrogen) atoms. The van der Waals surface area contributed by atoms with Crippen LogP contribution in [0.2, 0.25) is 0 Å². The standard InChI is InChI=1S/C12H22N2O/c1-10(2)15-8-7-14-12-6-4-3-5-11(12)9-13/h10-12,14H,3-8H2,1-2H3. The van der Waals surface area contributed by atoms with Gasteiger partial charge in [0.1, 0.15) is 0 Å². The molecule has 0 saturated heterocycles. The molecule has 2 unspecified atom stereocenters. The molecule has 1 fully saturated rings. The van der Waals surface area contributed by atoms with Gasteiger partial charge < -0.3 is 10.1 Å². The lowest BCUT2D eigenvalue weighted by Crippen LogP contribution is -2.39. The Kier molecular flexibility index (Phi) is 5.67. The SMILES string of the molecule is CC(C)OCCNC1CCCCC1C#N. The third kappa shape index (κ3) is 4.63. The minimum atomic E-state index is 0.206. The second-order valence-electron chi connectivity index (χ2n) is 4.50. The maximum Gasteiger partial charge on any atom is 0.0672 e. The van der Waals surface area contributed by atoms with Crippen molar-refractivity contribution in [3.63, 3.8) is 0 Å². The van der Waals surface area contributed by atoms with E-state index < -0.39 is 0 Å². The number of hydrogen-bond acceptors (Lipinski definition) is 3. The first kappa shape index (κ1) is 12.5. The molecule has 1 N–H and O–H groups in total. The first-order chi connectivity index (χ1) is 7.24. The molecule has 3 nitrogen and oxygen atoms in total. The van der Waals surface area contributed by atoms with Crippen molar-refractivity contribution in [1.82, 2.24) is 5.32 Å². The van der Waals surface area contributed by atoms with Crippen molar-refractivity contribution in [3.8, 4) is 6.07 Å². The molecule has 0 aromatic rings. The van der Waals surface area contributed by atoms with Crippen molar-refractivity contribution in [2.24, 2.45) is 5.92 Å². The third-order valence-electron chi connectivity index (χ3n) is 2.89. The van der Waals surface area contributed by atoms with E-state index in [4.69, 9.17) is 10.00 Å². The molecular weight excluding hydrogens is 188 g/mol. The Morgan fingerprint density at radius 3 is 2.80 bits per heavy atom. The average molecular weight is 210 g/mol. The molecule has 86 valence electrons. The number of nitriles is 1. The Morgan fingerprint density at radius 2 is 2.13 bits per heavy atom. The van der Waals surface area contributed by atoms with Gasteiger partial charge in [-0.2, -0.15) is 5.26 Å². The molecule has 0 spiro atoms. The minimum absolute atomic E-state index is 0.206. The summed E-state index contributed by atoms with van der Waals surface area (Å²) in [6.45, 7) is 5.69. The quantitative estimate of drug-likeness (QED) is 0.707. The molecule has 0 heterocycles. The summed E-state index contributed by atoms with van der Waals surface area (Å²) in [5, 5.41) is 12.4. The van der Waals surface area contributed by atoms with Crippen LogP contribution >= 0.6 is 0 Å². The highest BCUT2D eigenvalue weighted by Gasteiger charge is 2.23. The predicted molar refractivity (Wildman–Crippen MR) is 60.4 cm³/mol. The van der Waals surface area contributed by atoms with Crippen molar-refractivity contribution < 1.29 is 4.74 Å². The van der Waals surface area contributed by atoms with Gasteiger partial charge in [0.05, 0.1) is 24.7 Å². The summed E-state index contributed by atoms with van der Waals surface area (Å²) in [5.74, 6) is 0.206. The second-order valence-corrected chi connectivity index (χ2v) is 4.50. The Labute approximate surface area is 92.8 Å². The van der Waals surface area contributed by atoms with Crippen LogP contribution in [0.3, 0.4) is 0 Å². The van der Waals surface area contributed by atoms with Gasteiger partial charge in [0, 0.05) is 12.6 Å². The van der Waals surface area contributed by atoms with E-state index in [9.17, 15) is 0 Å². The summed E-state index contributed by atoms with van der Waals surface area (Å²) in [5.41, 5.74) is 0. The number of nitrogens with zero attached hydrogens (tertiary/aromatic N) is 1. The smallest absolute Gasteiger partial charge is 0.0672 e. The van der Waals surface area contributed by atoms with Crippen LogP contribution in [0, 0.1) is 17.2 Å². The van der Waals surface area contributed by atoms with Gasteiger partial charge in [0.25, 0.3) is 0 Å². The van der Waals surface area contributed by atoms with E-state index in [2.05, 4.69) is 11.4 Å². The highest BCUT2D eigenvalue weighted by Crippen LogP contribution is 2.23. The highest BCUT2D eigenvalue weighted by molar-refractivity contribution is 4.94.